The summed E-state index contributed by atoms with van der Waals surface area (Å²) in [7, 11) is 0. The number of pyridine rings is 1. The molecule has 1 heterocycles. The Hall–Kier alpha value is -1.96. The number of nitrogens with one attached hydrogen (secondary N) is 2. The monoisotopic (exact) mass is 485 g/mol. The van der Waals surface area contributed by atoms with Crippen LogP contribution in [-0.2, 0) is 0 Å². The van der Waals surface area contributed by atoms with E-state index >= 15 is 0 Å². The minimum Gasteiger partial charge on any atom is -0.306 e. The number of halogens is 4. The first-order valence-corrected chi connectivity index (χ1v) is 10.3. The third-order valence-electron chi connectivity index (χ3n) is 3.52. The maximum absolute atomic E-state index is 12.2. The molecule has 0 spiro atoms. The first kappa shape index (κ1) is 21.7. The molecule has 0 bridgehead atoms. The molecule has 0 saturated heterocycles. The van der Waals surface area contributed by atoms with E-state index in [2.05, 4.69) is 15.6 Å². The number of urea groups is 1. The van der Waals surface area contributed by atoms with Crippen molar-refractivity contribution < 1.29 is 9.59 Å². The molecule has 2 N–H and O–H groups in total. The fourth-order valence-corrected chi connectivity index (χ4v) is 3.95. The second kappa shape index (κ2) is 9.69. The van der Waals surface area contributed by atoms with Gasteiger partial charge in [-0.25, -0.2) is 9.78 Å². The van der Waals surface area contributed by atoms with Crippen LogP contribution in [0.4, 0.5) is 10.5 Å². The van der Waals surface area contributed by atoms with E-state index in [1.165, 1.54) is 30.1 Å². The Labute approximate surface area is 190 Å². The van der Waals surface area contributed by atoms with Gasteiger partial charge in [0.2, 0.25) is 0 Å². The van der Waals surface area contributed by atoms with E-state index in [1.54, 1.807) is 30.3 Å². The van der Waals surface area contributed by atoms with Crippen molar-refractivity contribution in [3.05, 3.63) is 80.4 Å². The summed E-state index contributed by atoms with van der Waals surface area (Å²) in [6.07, 6.45) is 1.46. The van der Waals surface area contributed by atoms with Crippen molar-refractivity contribution in [2.24, 2.45) is 0 Å². The number of rotatable bonds is 4. The normalized spacial score (nSPS) is 10.5. The van der Waals surface area contributed by atoms with E-state index in [-0.39, 0.29) is 15.6 Å². The Morgan fingerprint density at radius 1 is 0.862 bits per heavy atom. The third kappa shape index (κ3) is 5.78. The SMILES string of the molecule is O=C(NC(=O)c1c(Cl)cccc1Cl)Nc1ccc(Sc2ccc(Cl)c(Cl)c2)nc1. The van der Waals surface area contributed by atoms with E-state index in [0.29, 0.717) is 20.8 Å². The second-order valence-electron chi connectivity index (χ2n) is 5.57. The largest absolute Gasteiger partial charge is 0.326 e. The first-order valence-electron chi connectivity index (χ1n) is 7.99. The van der Waals surface area contributed by atoms with Crippen LogP contribution in [0.2, 0.25) is 20.1 Å². The molecule has 10 heteroatoms. The summed E-state index contributed by atoms with van der Waals surface area (Å²) in [5.74, 6) is -0.710. The van der Waals surface area contributed by atoms with E-state index in [0.717, 1.165) is 4.90 Å². The van der Waals surface area contributed by atoms with Gasteiger partial charge in [0.1, 0.15) is 5.03 Å². The molecule has 0 radical (unpaired) electrons. The molecule has 148 valence electrons. The smallest absolute Gasteiger partial charge is 0.306 e. The molecule has 2 aromatic carbocycles. The van der Waals surface area contributed by atoms with E-state index in [1.807, 2.05) is 6.07 Å². The highest BCUT2D eigenvalue weighted by molar-refractivity contribution is 7.99. The third-order valence-corrected chi connectivity index (χ3v) is 5.83. The highest BCUT2D eigenvalue weighted by atomic mass is 35.5. The number of aromatic nitrogens is 1. The lowest BCUT2D eigenvalue weighted by Gasteiger charge is -2.09. The summed E-state index contributed by atoms with van der Waals surface area (Å²) in [4.78, 5) is 29.4. The van der Waals surface area contributed by atoms with Crippen molar-refractivity contribution in [3.63, 3.8) is 0 Å². The molecule has 3 amide bonds. The quantitative estimate of drug-likeness (QED) is 0.425. The summed E-state index contributed by atoms with van der Waals surface area (Å²) in [5.41, 5.74) is 0.427. The zero-order valence-electron chi connectivity index (χ0n) is 14.4. The van der Waals surface area contributed by atoms with E-state index < -0.39 is 11.9 Å². The molecule has 0 fully saturated rings. The highest BCUT2D eigenvalue weighted by Crippen LogP contribution is 2.32. The number of hydrogen-bond acceptors (Lipinski definition) is 4. The molecule has 0 atom stereocenters. The number of nitrogens with zero attached hydrogens (tertiary/aromatic N) is 1. The maximum atomic E-state index is 12.2. The number of hydrogen-bond donors (Lipinski definition) is 2. The number of anilines is 1. The van der Waals surface area contributed by atoms with Gasteiger partial charge < -0.3 is 5.32 Å². The van der Waals surface area contributed by atoms with Crippen molar-refractivity contribution in [2.75, 3.05) is 5.32 Å². The lowest BCUT2D eigenvalue weighted by molar-refractivity contribution is 0.0967. The average Bonchev–Trinajstić information content (AvgIpc) is 2.66. The van der Waals surface area contributed by atoms with Gasteiger partial charge in [0.05, 0.1) is 37.5 Å². The molecule has 0 aliphatic rings. The summed E-state index contributed by atoms with van der Waals surface area (Å²) < 4.78 is 0. The van der Waals surface area contributed by atoms with Gasteiger partial charge in [-0.05, 0) is 42.5 Å². The Bertz CT molecular complexity index is 1060. The Kier molecular flexibility index (Phi) is 7.27. The van der Waals surface area contributed by atoms with Crippen molar-refractivity contribution >= 4 is 75.8 Å². The summed E-state index contributed by atoms with van der Waals surface area (Å²) >= 11 is 25.2. The topological polar surface area (TPSA) is 71.1 Å². The Morgan fingerprint density at radius 2 is 1.59 bits per heavy atom. The fraction of sp³-hybridized carbons (Fsp3) is 0. The molecule has 0 aliphatic carbocycles. The lowest BCUT2D eigenvalue weighted by atomic mass is 10.2. The maximum Gasteiger partial charge on any atom is 0.326 e. The van der Waals surface area contributed by atoms with Gasteiger partial charge in [0, 0.05) is 4.90 Å². The molecule has 0 unspecified atom stereocenters. The molecular formula is C19H11Cl4N3O2S. The number of imide groups is 1. The van der Waals surface area contributed by atoms with Gasteiger partial charge in [-0.1, -0.05) is 64.2 Å². The predicted octanol–water partition coefficient (Wildman–Crippen LogP) is 6.81. The van der Waals surface area contributed by atoms with Crippen LogP contribution in [0.1, 0.15) is 10.4 Å². The molecule has 0 aliphatic heterocycles. The van der Waals surface area contributed by atoms with Crippen LogP contribution in [0.3, 0.4) is 0 Å². The van der Waals surface area contributed by atoms with Crippen molar-refractivity contribution in [1.29, 1.82) is 0 Å². The zero-order chi connectivity index (χ0) is 21.0. The molecule has 29 heavy (non-hydrogen) atoms. The number of carbonyl (C=O) groups is 2. The summed E-state index contributed by atoms with van der Waals surface area (Å²) in [5, 5.41) is 6.61. The van der Waals surface area contributed by atoms with Crippen molar-refractivity contribution in [2.45, 2.75) is 9.92 Å². The van der Waals surface area contributed by atoms with Crippen LogP contribution < -0.4 is 10.6 Å². The average molecular weight is 487 g/mol. The van der Waals surface area contributed by atoms with Crippen LogP contribution >= 0.6 is 58.2 Å². The summed E-state index contributed by atoms with van der Waals surface area (Å²) in [6, 6.07) is 12.5. The molecule has 5 nitrogen and oxygen atoms in total. The van der Waals surface area contributed by atoms with Gasteiger partial charge >= 0.3 is 6.03 Å². The van der Waals surface area contributed by atoms with Crippen molar-refractivity contribution in [1.82, 2.24) is 10.3 Å². The van der Waals surface area contributed by atoms with E-state index in [9.17, 15) is 9.59 Å². The number of amides is 3. The fourth-order valence-electron chi connectivity index (χ4n) is 2.22. The number of benzene rings is 2. The number of carbonyl (C=O) groups excluding carboxylic acids is 2. The van der Waals surface area contributed by atoms with E-state index in [4.69, 9.17) is 46.4 Å². The molecule has 3 aromatic rings. The van der Waals surface area contributed by atoms with Crippen LogP contribution in [-0.4, -0.2) is 16.9 Å². The Morgan fingerprint density at radius 3 is 2.21 bits per heavy atom. The van der Waals surface area contributed by atoms with Gasteiger partial charge in [-0.15, -0.1) is 0 Å². The van der Waals surface area contributed by atoms with Crippen LogP contribution in [0.5, 0.6) is 0 Å². The van der Waals surface area contributed by atoms with Gasteiger partial charge in [0.25, 0.3) is 5.91 Å². The molecule has 0 saturated carbocycles. The van der Waals surface area contributed by atoms with Crippen LogP contribution in [0, 0.1) is 0 Å². The van der Waals surface area contributed by atoms with Crippen LogP contribution in [0.25, 0.3) is 0 Å². The van der Waals surface area contributed by atoms with Gasteiger partial charge in [0.15, 0.2) is 0 Å². The minimum atomic E-state index is -0.738. The zero-order valence-corrected chi connectivity index (χ0v) is 18.2. The Balaban J connectivity index is 1.61. The standard InChI is InChI=1S/C19H11Cl4N3O2S/c20-12-6-5-11(8-15(12)23)29-16-7-4-10(9-24-16)25-19(28)26-18(27)17-13(21)2-1-3-14(17)22/h1-9H,(H2,25,26,27,28). The predicted molar refractivity (Wildman–Crippen MR) is 118 cm³/mol. The molecule has 1 aromatic heterocycles. The summed E-state index contributed by atoms with van der Waals surface area (Å²) in [6.45, 7) is 0. The first-order chi connectivity index (χ1) is 13.8. The van der Waals surface area contributed by atoms with Crippen LogP contribution in [0.15, 0.2) is 64.6 Å². The minimum absolute atomic E-state index is 0.0254. The highest BCUT2D eigenvalue weighted by Gasteiger charge is 2.17. The van der Waals surface area contributed by atoms with Gasteiger partial charge in [-0.2, -0.15) is 0 Å². The second-order valence-corrected chi connectivity index (χ2v) is 8.29. The molecular weight excluding hydrogens is 476 g/mol. The molecule has 3 rings (SSSR count). The van der Waals surface area contributed by atoms with Gasteiger partial charge in [-0.3, -0.25) is 10.1 Å². The van der Waals surface area contributed by atoms with Crippen molar-refractivity contribution in [3.8, 4) is 0 Å². The lowest BCUT2D eigenvalue weighted by Crippen LogP contribution is -2.34.